The normalized spacial score (nSPS) is 13.9. The van der Waals surface area contributed by atoms with Gasteiger partial charge in [-0.3, -0.25) is 4.79 Å². The summed E-state index contributed by atoms with van der Waals surface area (Å²) in [5.74, 6) is -0.227. The van der Waals surface area contributed by atoms with Gasteiger partial charge in [0.05, 0.1) is 16.4 Å². The van der Waals surface area contributed by atoms with Crippen molar-refractivity contribution < 1.29 is 18.0 Å². The summed E-state index contributed by atoms with van der Waals surface area (Å²) >= 11 is 1.73. The zero-order valence-electron chi connectivity index (χ0n) is 15.5. The molecule has 0 radical (unpaired) electrons. The number of alkyl halides is 3. The molecule has 4 rings (SSSR count). The average molecular weight is 420 g/mol. The van der Waals surface area contributed by atoms with E-state index in [0.29, 0.717) is 24.2 Å². The molecule has 2 aromatic heterocycles. The highest BCUT2D eigenvalue weighted by Crippen LogP contribution is 2.28. The molecule has 1 amide bonds. The summed E-state index contributed by atoms with van der Waals surface area (Å²) in [5, 5.41) is 7.44. The van der Waals surface area contributed by atoms with Crippen molar-refractivity contribution in [2.75, 3.05) is 6.54 Å². The molecule has 1 aromatic carbocycles. The predicted molar refractivity (Wildman–Crippen MR) is 103 cm³/mol. The van der Waals surface area contributed by atoms with Crippen LogP contribution < -0.4 is 5.32 Å². The number of aromatic nitrogens is 3. The van der Waals surface area contributed by atoms with Crippen molar-refractivity contribution in [3.05, 3.63) is 63.4 Å². The number of fused-ring (bicyclic) bond motifs is 1. The van der Waals surface area contributed by atoms with Crippen molar-refractivity contribution in [2.45, 2.75) is 38.3 Å². The van der Waals surface area contributed by atoms with E-state index in [4.69, 9.17) is 0 Å². The number of nitrogens with zero attached hydrogens (tertiary/aromatic N) is 3. The van der Waals surface area contributed by atoms with Crippen LogP contribution >= 0.6 is 11.3 Å². The van der Waals surface area contributed by atoms with Gasteiger partial charge in [0.25, 0.3) is 5.91 Å². The van der Waals surface area contributed by atoms with Gasteiger partial charge in [0, 0.05) is 29.6 Å². The highest BCUT2D eigenvalue weighted by Gasteiger charge is 2.33. The van der Waals surface area contributed by atoms with Crippen LogP contribution in [-0.4, -0.2) is 27.2 Å². The number of hydrogen-bond donors (Lipinski definition) is 1. The number of nitrogens with one attached hydrogen (secondary N) is 1. The molecule has 0 fully saturated rings. The molecule has 1 aliphatic carbocycles. The molecular formula is C20H19F3N4OS. The fourth-order valence-electron chi connectivity index (χ4n) is 3.28. The van der Waals surface area contributed by atoms with E-state index in [0.717, 1.165) is 28.6 Å². The summed E-state index contributed by atoms with van der Waals surface area (Å²) in [6.07, 6.45) is 2.01. The van der Waals surface area contributed by atoms with Crippen molar-refractivity contribution in [3.8, 4) is 5.69 Å². The minimum atomic E-state index is -4.48. The lowest BCUT2D eigenvalue weighted by Gasteiger charge is -2.06. The molecule has 9 heteroatoms. The smallest absolute Gasteiger partial charge is 0.352 e. The predicted octanol–water partition coefficient (Wildman–Crippen LogP) is 4.20. The zero-order chi connectivity index (χ0) is 20.4. The van der Waals surface area contributed by atoms with Gasteiger partial charge in [-0.2, -0.15) is 18.3 Å². The molecule has 2 heterocycles. The monoisotopic (exact) mass is 420 g/mol. The van der Waals surface area contributed by atoms with Gasteiger partial charge in [-0.15, -0.1) is 11.3 Å². The summed E-state index contributed by atoms with van der Waals surface area (Å²) in [6.45, 7) is 0.487. The third-order valence-electron chi connectivity index (χ3n) is 4.79. The van der Waals surface area contributed by atoms with Crippen LogP contribution in [0.5, 0.6) is 0 Å². The second kappa shape index (κ2) is 7.98. The molecule has 152 valence electrons. The molecular weight excluding hydrogens is 401 g/mol. The summed E-state index contributed by atoms with van der Waals surface area (Å²) < 4.78 is 39.1. The molecule has 0 unspecified atom stereocenters. The first-order valence-electron chi connectivity index (χ1n) is 9.39. The van der Waals surface area contributed by atoms with Gasteiger partial charge in [-0.05, 0) is 56.0 Å². The molecule has 0 aliphatic heterocycles. The van der Waals surface area contributed by atoms with E-state index in [9.17, 15) is 18.0 Å². The Hall–Kier alpha value is -2.68. The first-order valence-corrected chi connectivity index (χ1v) is 10.2. The molecule has 0 spiro atoms. The number of thiazole rings is 1. The quantitative estimate of drug-likeness (QED) is 0.673. The number of amides is 1. The van der Waals surface area contributed by atoms with E-state index in [1.807, 2.05) is 0 Å². The van der Waals surface area contributed by atoms with Crippen molar-refractivity contribution in [1.82, 2.24) is 20.1 Å². The van der Waals surface area contributed by atoms with Gasteiger partial charge >= 0.3 is 6.18 Å². The molecule has 1 N–H and O–H groups in total. The van der Waals surface area contributed by atoms with Crippen LogP contribution in [0.3, 0.4) is 0 Å². The van der Waals surface area contributed by atoms with Crippen molar-refractivity contribution >= 4 is 17.2 Å². The molecule has 0 atom stereocenters. The van der Waals surface area contributed by atoms with Crippen LogP contribution in [0.1, 0.15) is 44.5 Å². The lowest BCUT2D eigenvalue weighted by Crippen LogP contribution is -2.25. The molecule has 1 aliphatic rings. The number of hydrogen-bond acceptors (Lipinski definition) is 4. The van der Waals surface area contributed by atoms with Crippen LogP contribution in [0.25, 0.3) is 5.69 Å². The number of rotatable bonds is 5. The lowest BCUT2D eigenvalue weighted by atomic mass is 10.0. The third-order valence-corrected chi connectivity index (χ3v) is 6.01. The largest absolute Gasteiger partial charge is 0.435 e. The number of carbonyl (C=O) groups is 1. The van der Waals surface area contributed by atoms with Gasteiger partial charge in [0.1, 0.15) is 0 Å². The topological polar surface area (TPSA) is 59.8 Å². The Morgan fingerprint density at radius 1 is 1.14 bits per heavy atom. The summed E-state index contributed by atoms with van der Waals surface area (Å²) in [4.78, 5) is 18.4. The Morgan fingerprint density at radius 2 is 1.90 bits per heavy atom. The zero-order valence-corrected chi connectivity index (χ0v) is 16.3. The molecule has 0 saturated heterocycles. The number of halogens is 3. The minimum Gasteiger partial charge on any atom is -0.352 e. The fraction of sp³-hybridized carbons (Fsp3) is 0.350. The maximum Gasteiger partial charge on any atom is 0.435 e. The van der Waals surface area contributed by atoms with Gasteiger partial charge in [-0.1, -0.05) is 0 Å². The Kier molecular flexibility index (Phi) is 5.40. The van der Waals surface area contributed by atoms with Gasteiger partial charge in [0.15, 0.2) is 5.69 Å². The van der Waals surface area contributed by atoms with E-state index >= 15 is 0 Å². The second-order valence-corrected chi connectivity index (χ2v) is 8.05. The maximum absolute atomic E-state index is 12.7. The van der Waals surface area contributed by atoms with E-state index in [2.05, 4.69) is 15.4 Å². The SMILES string of the molecule is O=C(NCCc1nc2c(s1)CCCC2)c1ccc(-n2ccc(C(F)(F)F)n2)cc1. The number of benzene rings is 1. The van der Waals surface area contributed by atoms with Gasteiger partial charge in [0.2, 0.25) is 0 Å². The first kappa shape index (κ1) is 19.6. The van der Waals surface area contributed by atoms with Crippen molar-refractivity contribution in [3.63, 3.8) is 0 Å². The molecule has 0 saturated carbocycles. The lowest BCUT2D eigenvalue weighted by molar-refractivity contribution is -0.141. The number of carbonyl (C=O) groups excluding carboxylic acids is 1. The van der Waals surface area contributed by atoms with Crippen molar-refractivity contribution in [1.29, 1.82) is 0 Å². The Bertz CT molecular complexity index is 984. The maximum atomic E-state index is 12.7. The van der Waals surface area contributed by atoms with E-state index < -0.39 is 11.9 Å². The van der Waals surface area contributed by atoms with Crippen LogP contribution in [0, 0.1) is 0 Å². The Morgan fingerprint density at radius 3 is 2.59 bits per heavy atom. The van der Waals surface area contributed by atoms with Gasteiger partial charge < -0.3 is 5.32 Å². The summed E-state index contributed by atoms with van der Waals surface area (Å²) in [6, 6.07) is 7.19. The van der Waals surface area contributed by atoms with Gasteiger partial charge in [-0.25, -0.2) is 9.67 Å². The molecule has 29 heavy (non-hydrogen) atoms. The summed E-state index contributed by atoms with van der Waals surface area (Å²) in [5.41, 5.74) is 1.15. The van der Waals surface area contributed by atoms with Crippen LogP contribution in [0.4, 0.5) is 13.2 Å². The highest BCUT2D eigenvalue weighted by atomic mass is 32.1. The average Bonchev–Trinajstić information content (AvgIpc) is 3.35. The summed E-state index contributed by atoms with van der Waals surface area (Å²) in [7, 11) is 0. The molecule has 3 aromatic rings. The first-order chi connectivity index (χ1) is 13.9. The molecule has 0 bridgehead atoms. The van der Waals surface area contributed by atoms with E-state index in [1.165, 1.54) is 29.6 Å². The van der Waals surface area contributed by atoms with Crippen LogP contribution in [-0.2, 0) is 25.4 Å². The minimum absolute atomic E-state index is 0.227. The Labute approximate surface area is 169 Å². The second-order valence-electron chi connectivity index (χ2n) is 6.88. The van der Waals surface area contributed by atoms with Crippen LogP contribution in [0.2, 0.25) is 0 Å². The standard InChI is InChI=1S/C20H19F3N4OS/c21-20(22,23)17-10-12-27(26-17)14-7-5-13(6-8-14)19(28)24-11-9-18-25-15-3-1-2-4-16(15)29-18/h5-8,10,12H,1-4,9,11H2,(H,24,28). The molecule has 5 nitrogen and oxygen atoms in total. The number of aryl methyl sites for hydroxylation is 2. The Balaban J connectivity index is 1.33. The fourth-order valence-corrected chi connectivity index (χ4v) is 4.44. The van der Waals surface area contributed by atoms with Crippen molar-refractivity contribution in [2.24, 2.45) is 0 Å². The van der Waals surface area contributed by atoms with E-state index in [-0.39, 0.29) is 5.91 Å². The third kappa shape index (κ3) is 4.50. The van der Waals surface area contributed by atoms with Crippen LogP contribution in [0.15, 0.2) is 36.5 Å². The van der Waals surface area contributed by atoms with E-state index in [1.54, 1.807) is 35.6 Å². The highest BCUT2D eigenvalue weighted by molar-refractivity contribution is 7.11.